The first kappa shape index (κ1) is 18.2. The highest BCUT2D eigenvalue weighted by Crippen LogP contribution is 2.43. The summed E-state index contributed by atoms with van der Waals surface area (Å²) < 4.78 is 5.97. The molecule has 2 aliphatic rings. The molecule has 27 heavy (non-hydrogen) atoms. The maximum absolute atomic E-state index is 13.6. The zero-order chi connectivity index (χ0) is 18.7. The van der Waals surface area contributed by atoms with Gasteiger partial charge in [0.25, 0.3) is 0 Å². The van der Waals surface area contributed by atoms with Crippen molar-refractivity contribution in [2.45, 2.75) is 50.0 Å². The number of rotatable bonds is 4. The minimum Gasteiger partial charge on any atom is -0.471 e. The van der Waals surface area contributed by atoms with Crippen molar-refractivity contribution in [3.63, 3.8) is 0 Å². The lowest BCUT2D eigenvalue weighted by Crippen LogP contribution is -2.51. The molecule has 1 amide bonds. The van der Waals surface area contributed by atoms with Crippen molar-refractivity contribution in [3.05, 3.63) is 53.2 Å². The second-order valence-electron chi connectivity index (χ2n) is 7.49. The van der Waals surface area contributed by atoms with Crippen molar-refractivity contribution in [1.82, 2.24) is 15.1 Å². The summed E-state index contributed by atoms with van der Waals surface area (Å²) in [7, 11) is 0. The highest BCUT2D eigenvalue weighted by atomic mass is 35.5. The van der Waals surface area contributed by atoms with Crippen LogP contribution in [-0.2, 0) is 10.2 Å². The predicted octanol–water partition coefficient (Wildman–Crippen LogP) is 4.01. The summed E-state index contributed by atoms with van der Waals surface area (Å²) in [5.74, 6) is 0.750. The number of carbonyl (C=O) groups excluding carboxylic acids is 1. The average molecular weight is 386 g/mol. The lowest BCUT2D eigenvalue weighted by atomic mass is 9.77. The predicted molar refractivity (Wildman–Crippen MR) is 104 cm³/mol. The quantitative estimate of drug-likeness (QED) is 0.797. The maximum atomic E-state index is 13.6. The maximum Gasteiger partial charge on any atom is 0.233 e. The fourth-order valence-corrected chi connectivity index (χ4v) is 4.54. The molecule has 6 heteroatoms. The van der Waals surface area contributed by atoms with Crippen molar-refractivity contribution in [3.8, 4) is 5.88 Å². The van der Waals surface area contributed by atoms with Gasteiger partial charge < -0.3 is 9.64 Å². The van der Waals surface area contributed by atoms with Gasteiger partial charge in [-0.05, 0) is 49.4 Å². The summed E-state index contributed by atoms with van der Waals surface area (Å²) in [5, 5.41) is 8.56. The summed E-state index contributed by atoms with van der Waals surface area (Å²) in [6.07, 6.45) is 7.42. The van der Waals surface area contributed by atoms with E-state index in [9.17, 15) is 4.79 Å². The summed E-state index contributed by atoms with van der Waals surface area (Å²) in [4.78, 5) is 15.6. The molecule has 0 radical (unpaired) electrons. The average Bonchev–Trinajstić information content (AvgIpc) is 3.20. The molecule has 2 fully saturated rings. The number of halogens is 1. The van der Waals surface area contributed by atoms with Gasteiger partial charge in [-0.2, -0.15) is 5.10 Å². The molecule has 2 heterocycles. The molecule has 1 saturated carbocycles. The molecule has 1 unspecified atom stereocenters. The molecular weight excluding hydrogens is 362 g/mol. The fourth-order valence-electron chi connectivity index (χ4n) is 4.42. The Labute approximate surface area is 164 Å². The Morgan fingerprint density at radius 3 is 2.63 bits per heavy atom. The number of hydrogen-bond acceptors (Lipinski definition) is 4. The van der Waals surface area contributed by atoms with Crippen LogP contribution in [0.4, 0.5) is 0 Å². The highest BCUT2D eigenvalue weighted by molar-refractivity contribution is 6.30. The van der Waals surface area contributed by atoms with Gasteiger partial charge in [0.1, 0.15) is 6.10 Å². The van der Waals surface area contributed by atoms with Crippen LogP contribution in [-0.4, -0.2) is 40.2 Å². The van der Waals surface area contributed by atoms with Gasteiger partial charge in [0, 0.05) is 23.8 Å². The largest absolute Gasteiger partial charge is 0.471 e. The number of amides is 1. The van der Waals surface area contributed by atoms with Gasteiger partial charge in [-0.15, -0.1) is 5.10 Å². The second kappa shape index (κ2) is 7.85. The van der Waals surface area contributed by atoms with Crippen LogP contribution < -0.4 is 4.74 Å². The zero-order valence-corrected chi connectivity index (χ0v) is 16.1. The minimum atomic E-state index is -0.418. The number of carbonyl (C=O) groups is 1. The van der Waals surface area contributed by atoms with Crippen molar-refractivity contribution < 1.29 is 9.53 Å². The summed E-state index contributed by atoms with van der Waals surface area (Å²) in [6, 6.07) is 11.4. The summed E-state index contributed by atoms with van der Waals surface area (Å²) in [6.45, 7) is 1.39. The Balaban J connectivity index is 1.52. The number of benzene rings is 1. The van der Waals surface area contributed by atoms with Crippen molar-refractivity contribution in [1.29, 1.82) is 0 Å². The second-order valence-corrected chi connectivity index (χ2v) is 7.93. The topological polar surface area (TPSA) is 55.3 Å². The normalized spacial score (nSPS) is 21.8. The molecule has 1 aromatic carbocycles. The third-order valence-electron chi connectivity index (χ3n) is 5.76. The SMILES string of the molecule is O=C(N1CCCC(Oc2cccnn2)C1)C1(c2ccc(Cl)cc2)CCCC1. The van der Waals surface area contributed by atoms with Crippen LogP contribution >= 0.6 is 11.6 Å². The number of nitrogens with zero attached hydrogens (tertiary/aromatic N) is 3. The molecule has 1 saturated heterocycles. The van der Waals surface area contributed by atoms with E-state index in [1.165, 1.54) is 0 Å². The van der Waals surface area contributed by atoms with Crippen LogP contribution in [0, 0.1) is 0 Å². The molecule has 1 aliphatic carbocycles. The molecule has 1 atom stereocenters. The van der Waals surface area contributed by atoms with E-state index < -0.39 is 5.41 Å². The lowest BCUT2D eigenvalue weighted by Gasteiger charge is -2.39. The van der Waals surface area contributed by atoms with Gasteiger partial charge in [-0.1, -0.05) is 36.6 Å². The molecule has 4 rings (SSSR count). The number of aromatic nitrogens is 2. The van der Waals surface area contributed by atoms with E-state index in [-0.39, 0.29) is 12.0 Å². The molecule has 0 bridgehead atoms. The van der Waals surface area contributed by atoms with Crippen molar-refractivity contribution in [2.24, 2.45) is 0 Å². The van der Waals surface area contributed by atoms with Gasteiger partial charge >= 0.3 is 0 Å². The van der Waals surface area contributed by atoms with Crippen LogP contribution in [0.25, 0.3) is 0 Å². The third kappa shape index (κ3) is 3.79. The van der Waals surface area contributed by atoms with Crippen molar-refractivity contribution in [2.75, 3.05) is 13.1 Å². The van der Waals surface area contributed by atoms with E-state index in [0.29, 0.717) is 17.4 Å². The van der Waals surface area contributed by atoms with Crippen LogP contribution in [0.15, 0.2) is 42.6 Å². The minimum absolute atomic E-state index is 0.0388. The Bertz CT molecular complexity index is 776. The molecular formula is C21H24ClN3O2. The van der Waals surface area contributed by atoms with E-state index in [4.69, 9.17) is 16.3 Å². The van der Waals surface area contributed by atoms with Gasteiger partial charge in [0.2, 0.25) is 11.8 Å². The van der Waals surface area contributed by atoms with Crippen molar-refractivity contribution >= 4 is 17.5 Å². The van der Waals surface area contributed by atoms with Gasteiger partial charge in [0.05, 0.1) is 12.0 Å². The molecule has 1 aromatic heterocycles. The van der Waals surface area contributed by atoms with E-state index >= 15 is 0 Å². The Morgan fingerprint density at radius 2 is 1.93 bits per heavy atom. The first-order valence-corrected chi connectivity index (χ1v) is 10.0. The van der Waals surface area contributed by atoms with E-state index in [1.54, 1.807) is 12.3 Å². The van der Waals surface area contributed by atoms with Crippen LogP contribution in [0.5, 0.6) is 5.88 Å². The molecule has 0 spiro atoms. The van der Waals surface area contributed by atoms with Crippen LogP contribution in [0.3, 0.4) is 0 Å². The number of hydrogen-bond donors (Lipinski definition) is 0. The first-order chi connectivity index (χ1) is 13.2. The van der Waals surface area contributed by atoms with E-state index in [1.807, 2.05) is 35.2 Å². The Kier molecular flexibility index (Phi) is 5.30. The molecule has 1 aliphatic heterocycles. The smallest absolute Gasteiger partial charge is 0.233 e. The van der Waals surface area contributed by atoms with Crippen LogP contribution in [0.1, 0.15) is 44.1 Å². The van der Waals surface area contributed by atoms with Gasteiger partial charge in [0.15, 0.2) is 0 Å². The zero-order valence-electron chi connectivity index (χ0n) is 15.3. The molecule has 0 N–H and O–H groups in total. The molecule has 2 aromatic rings. The fraction of sp³-hybridized carbons (Fsp3) is 0.476. The number of ether oxygens (including phenoxy) is 1. The number of likely N-dealkylation sites (tertiary alicyclic amines) is 1. The standard InChI is InChI=1S/C21H24ClN3O2/c22-17-9-7-16(8-10-17)21(11-1-2-12-21)20(26)25-14-4-5-18(15-25)27-19-6-3-13-23-24-19/h3,6-10,13,18H,1-2,4-5,11-12,14-15H2. The molecule has 5 nitrogen and oxygen atoms in total. The van der Waals surface area contributed by atoms with E-state index in [2.05, 4.69) is 10.2 Å². The molecule has 142 valence electrons. The van der Waals surface area contributed by atoms with Gasteiger partial charge in [-0.25, -0.2) is 0 Å². The number of piperidine rings is 1. The first-order valence-electron chi connectivity index (χ1n) is 9.67. The van der Waals surface area contributed by atoms with E-state index in [0.717, 1.165) is 50.6 Å². The monoisotopic (exact) mass is 385 g/mol. The summed E-state index contributed by atoms with van der Waals surface area (Å²) >= 11 is 6.07. The van der Waals surface area contributed by atoms with Crippen LogP contribution in [0.2, 0.25) is 5.02 Å². The Morgan fingerprint density at radius 1 is 1.15 bits per heavy atom. The Hall–Kier alpha value is -2.14. The highest BCUT2D eigenvalue weighted by Gasteiger charge is 2.45. The summed E-state index contributed by atoms with van der Waals surface area (Å²) in [5.41, 5.74) is 0.672. The third-order valence-corrected chi connectivity index (χ3v) is 6.02. The lowest BCUT2D eigenvalue weighted by molar-refractivity contribution is -0.140. The van der Waals surface area contributed by atoms with Gasteiger partial charge in [-0.3, -0.25) is 4.79 Å².